The van der Waals surface area contributed by atoms with Gasteiger partial charge in [-0.1, -0.05) is 6.92 Å². The molecule has 1 N–H and O–H groups in total. The van der Waals surface area contributed by atoms with E-state index in [9.17, 15) is 13.2 Å². The van der Waals surface area contributed by atoms with Gasteiger partial charge < -0.3 is 5.32 Å². The Morgan fingerprint density at radius 1 is 1.67 bits per heavy atom. The van der Waals surface area contributed by atoms with Crippen LogP contribution in [0.15, 0.2) is 0 Å². The normalized spacial score (nSPS) is 23.2. The Morgan fingerprint density at radius 3 is 2.87 bits per heavy atom. The van der Waals surface area contributed by atoms with Crippen LogP contribution < -0.4 is 5.32 Å². The molecule has 0 radical (unpaired) electrons. The molecule has 0 bridgehead atoms. The van der Waals surface area contributed by atoms with E-state index in [1.54, 1.807) is 13.0 Å². The Bertz CT molecular complexity index is 384. The summed E-state index contributed by atoms with van der Waals surface area (Å²) >= 11 is 0. The first-order valence-electron chi connectivity index (χ1n) is 4.67. The van der Waals surface area contributed by atoms with Gasteiger partial charge in [0.15, 0.2) is 5.75 Å². The second-order valence-electron chi connectivity index (χ2n) is 3.24. The average molecular weight is 231 g/mol. The maximum atomic E-state index is 11.6. The first kappa shape index (κ1) is 11.9. The van der Waals surface area contributed by atoms with Gasteiger partial charge in [-0.25, -0.2) is 8.42 Å². The van der Waals surface area contributed by atoms with Gasteiger partial charge in [0.05, 0.1) is 6.07 Å². The highest BCUT2D eigenvalue weighted by Crippen LogP contribution is 2.13. The molecule has 7 heteroatoms. The van der Waals surface area contributed by atoms with Crippen LogP contribution in [-0.4, -0.2) is 43.5 Å². The van der Waals surface area contributed by atoms with Gasteiger partial charge in [0.25, 0.3) is 0 Å². The second kappa shape index (κ2) is 4.59. The second-order valence-corrected chi connectivity index (χ2v) is 5.16. The van der Waals surface area contributed by atoms with Gasteiger partial charge in [0, 0.05) is 13.1 Å². The maximum absolute atomic E-state index is 11.6. The summed E-state index contributed by atoms with van der Waals surface area (Å²) < 4.78 is 24.4. The summed E-state index contributed by atoms with van der Waals surface area (Å²) in [7, 11) is -3.62. The van der Waals surface area contributed by atoms with Crippen molar-refractivity contribution in [2.45, 2.75) is 19.4 Å². The highest BCUT2D eigenvalue weighted by molar-refractivity contribution is 7.89. The fraction of sp³-hybridized carbons (Fsp3) is 0.750. The molecule has 1 unspecified atom stereocenters. The van der Waals surface area contributed by atoms with Crippen LogP contribution in [0, 0.1) is 11.3 Å². The number of carbonyl (C=O) groups is 1. The number of sulfonamides is 1. The molecule has 1 aliphatic heterocycles. The Morgan fingerprint density at radius 2 is 2.33 bits per heavy atom. The number of hydrogen-bond donors (Lipinski definition) is 1. The molecule has 0 saturated carbocycles. The van der Waals surface area contributed by atoms with Crippen LogP contribution in [0.4, 0.5) is 0 Å². The fourth-order valence-electron chi connectivity index (χ4n) is 1.58. The molecule has 1 fully saturated rings. The monoisotopic (exact) mass is 231 g/mol. The zero-order valence-corrected chi connectivity index (χ0v) is 9.25. The van der Waals surface area contributed by atoms with Crippen molar-refractivity contribution in [3.63, 3.8) is 0 Å². The van der Waals surface area contributed by atoms with E-state index in [0.717, 1.165) is 4.31 Å². The third-order valence-corrected chi connectivity index (χ3v) is 3.92. The highest BCUT2D eigenvalue weighted by Gasteiger charge is 2.35. The first-order chi connectivity index (χ1) is 7.03. The van der Waals surface area contributed by atoms with E-state index in [1.165, 1.54) is 0 Å². The maximum Gasteiger partial charge on any atom is 0.238 e. The molecule has 1 amide bonds. The number of rotatable bonds is 3. The summed E-state index contributed by atoms with van der Waals surface area (Å²) in [5.41, 5.74) is 0. The molecular weight excluding hydrogens is 218 g/mol. The smallest absolute Gasteiger partial charge is 0.238 e. The minimum Gasteiger partial charge on any atom is -0.353 e. The summed E-state index contributed by atoms with van der Waals surface area (Å²) in [5.74, 6) is -0.859. The van der Waals surface area contributed by atoms with Crippen molar-refractivity contribution in [1.29, 1.82) is 5.26 Å². The van der Waals surface area contributed by atoms with Gasteiger partial charge in [-0.2, -0.15) is 9.57 Å². The summed E-state index contributed by atoms with van der Waals surface area (Å²) in [5, 5.41) is 11.0. The molecule has 84 valence electrons. The quantitative estimate of drug-likeness (QED) is 0.678. The average Bonchev–Trinajstić information content (AvgIpc) is 2.17. The topological polar surface area (TPSA) is 90.3 Å². The number of nitrogens with one attached hydrogen (secondary N) is 1. The number of piperazine rings is 1. The molecule has 15 heavy (non-hydrogen) atoms. The molecule has 1 saturated heterocycles. The van der Waals surface area contributed by atoms with E-state index in [2.05, 4.69) is 5.32 Å². The van der Waals surface area contributed by atoms with Crippen molar-refractivity contribution in [1.82, 2.24) is 9.62 Å². The molecule has 0 spiro atoms. The minimum absolute atomic E-state index is 0.244. The van der Waals surface area contributed by atoms with Gasteiger partial charge >= 0.3 is 0 Å². The Hall–Kier alpha value is -1.13. The molecule has 1 atom stereocenters. The lowest BCUT2D eigenvalue weighted by Crippen LogP contribution is -2.57. The van der Waals surface area contributed by atoms with Crippen molar-refractivity contribution in [3.05, 3.63) is 0 Å². The number of amides is 1. The largest absolute Gasteiger partial charge is 0.353 e. The number of carbonyl (C=O) groups excluding carboxylic acids is 1. The number of hydrogen-bond acceptors (Lipinski definition) is 4. The third kappa shape index (κ3) is 2.46. The molecule has 0 aromatic rings. The van der Waals surface area contributed by atoms with Crippen molar-refractivity contribution in [2.75, 3.05) is 18.8 Å². The molecule has 0 aromatic carbocycles. The van der Waals surface area contributed by atoms with Gasteiger partial charge in [-0.15, -0.1) is 0 Å². The van der Waals surface area contributed by atoms with E-state index in [1.807, 2.05) is 0 Å². The van der Waals surface area contributed by atoms with E-state index in [4.69, 9.17) is 5.26 Å². The first-order valence-corrected chi connectivity index (χ1v) is 6.28. The molecule has 1 rings (SSSR count). The number of nitriles is 1. The Balaban J connectivity index is 2.93. The van der Waals surface area contributed by atoms with Gasteiger partial charge in [-0.3, -0.25) is 4.79 Å². The molecule has 1 aliphatic rings. The summed E-state index contributed by atoms with van der Waals surface area (Å²) in [6, 6.07) is 0.934. The number of nitrogens with zero attached hydrogens (tertiary/aromatic N) is 2. The molecule has 1 heterocycles. The molecular formula is C8H13N3O3S. The van der Waals surface area contributed by atoms with E-state index in [-0.39, 0.29) is 12.5 Å². The van der Waals surface area contributed by atoms with Crippen molar-refractivity contribution in [2.24, 2.45) is 0 Å². The van der Waals surface area contributed by atoms with Crippen LogP contribution in [0.1, 0.15) is 13.3 Å². The summed E-state index contributed by atoms with van der Waals surface area (Å²) in [6.07, 6.45) is 0.413. The predicted octanol–water partition coefficient (Wildman–Crippen LogP) is -0.950. The van der Waals surface area contributed by atoms with E-state index in [0.29, 0.717) is 13.0 Å². The van der Waals surface area contributed by atoms with Crippen LogP contribution in [0.2, 0.25) is 0 Å². The standard InChI is InChI=1S/C8H13N3O3S/c1-2-7-8(12)10-4-5-11(7)15(13,14)6-3-9/h7H,2,4-6H2,1H3,(H,10,12). The van der Waals surface area contributed by atoms with Crippen LogP contribution in [0.25, 0.3) is 0 Å². The van der Waals surface area contributed by atoms with Crippen molar-refractivity contribution < 1.29 is 13.2 Å². The molecule has 6 nitrogen and oxygen atoms in total. The van der Waals surface area contributed by atoms with Gasteiger partial charge in [0.1, 0.15) is 6.04 Å². The van der Waals surface area contributed by atoms with Crippen molar-refractivity contribution in [3.8, 4) is 6.07 Å². The minimum atomic E-state index is -3.62. The lowest BCUT2D eigenvalue weighted by atomic mass is 10.2. The zero-order valence-electron chi connectivity index (χ0n) is 8.43. The van der Waals surface area contributed by atoms with Crippen LogP contribution in [-0.2, 0) is 14.8 Å². The van der Waals surface area contributed by atoms with E-state index >= 15 is 0 Å². The van der Waals surface area contributed by atoms with E-state index < -0.39 is 21.8 Å². The lowest BCUT2D eigenvalue weighted by molar-refractivity contribution is -0.126. The molecule has 0 aromatic heterocycles. The van der Waals surface area contributed by atoms with Crippen LogP contribution in [0.3, 0.4) is 0 Å². The highest BCUT2D eigenvalue weighted by atomic mass is 32.2. The summed E-state index contributed by atoms with van der Waals surface area (Å²) in [4.78, 5) is 11.4. The zero-order chi connectivity index (χ0) is 11.5. The van der Waals surface area contributed by atoms with Gasteiger partial charge in [0.2, 0.25) is 15.9 Å². The van der Waals surface area contributed by atoms with Crippen LogP contribution >= 0.6 is 0 Å². The lowest BCUT2D eigenvalue weighted by Gasteiger charge is -2.32. The van der Waals surface area contributed by atoms with Crippen molar-refractivity contribution >= 4 is 15.9 Å². The van der Waals surface area contributed by atoms with Gasteiger partial charge in [-0.05, 0) is 6.42 Å². The predicted molar refractivity (Wildman–Crippen MR) is 53.2 cm³/mol. The SMILES string of the molecule is CCC1C(=O)NCCN1S(=O)(=O)CC#N. The third-order valence-electron chi connectivity index (χ3n) is 2.27. The fourth-order valence-corrected chi connectivity index (χ4v) is 2.91. The van der Waals surface area contributed by atoms with Crippen LogP contribution in [0.5, 0.6) is 0 Å². The summed E-state index contributed by atoms with van der Waals surface area (Å²) in [6.45, 7) is 2.29. The Kier molecular flexibility index (Phi) is 3.66. The molecule has 0 aliphatic carbocycles. The Labute approximate surface area is 88.9 Å².